The second-order valence-electron chi connectivity index (χ2n) is 4.61. The van der Waals surface area contributed by atoms with Gasteiger partial charge in [-0.2, -0.15) is 0 Å². The molecule has 0 radical (unpaired) electrons. The Bertz CT molecular complexity index is 802. The first kappa shape index (κ1) is 15.2. The average Bonchev–Trinajstić information content (AvgIpc) is 3.17. The summed E-state index contributed by atoms with van der Waals surface area (Å²) in [6.45, 7) is 3.95. The van der Waals surface area contributed by atoms with Gasteiger partial charge in [0.15, 0.2) is 0 Å². The fourth-order valence-corrected chi connectivity index (χ4v) is 5.82. The van der Waals surface area contributed by atoms with E-state index in [1.165, 1.54) is 20.2 Å². The van der Waals surface area contributed by atoms with Crippen LogP contribution in [0.25, 0.3) is 20.2 Å². The molecule has 5 heteroatoms. The van der Waals surface area contributed by atoms with Crippen LogP contribution in [0.4, 0.5) is 0 Å². The number of thiophene rings is 3. The second kappa shape index (κ2) is 6.18. The van der Waals surface area contributed by atoms with E-state index in [2.05, 4.69) is 34.3 Å². The molecular weight excluding hydrogens is 353 g/mol. The van der Waals surface area contributed by atoms with E-state index in [-0.39, 0.29) is 0 Å². The van der Waals surface area contributed by atoms with Gasteiger partial charge in [-0.25, -0.2) is 0 Å². The fraction of sp³-hybridized carbons (Fsp3) is 0.125. The standard InChI is InChI=1S/C16H12S5/c1-9(17)12-8-21-16(14(12)10(2)18)11-5-7-20-15(11)13-4-3-6-19-13/h3-8H,1-2H3. The van der Waals surface area contributed by atoms with E-state index in [1.54, 1.807) is 34.0 Å². The number of hydrogen-bond donors (Lipinski definition) is 0. The van der Waals surface area contributed by atoms with Gasteiger partial charge in [-0.1, -0.05) is 30.5 Å². The zero-order chi connectivity index (χ0) is 15.0. The van der Waals surface area contributed by atoms with Crippen molar-refractivity contribution in [2.45, 2.75) is 13.8 Å². The molecule has 0 fully saturated rings. The fourth-order valence-electron chi connectivity index (χ4n) is 2.25. The molecule has 3 heterocycles. The van der Waals surface area contributed by atoms with E-state index < -0.39 is 0 Å². The van der Waals surface area contributed by atoms with Crippen molar-refractivity contribution in [3.63, 3.8) is 0 Å². The summed E-state index contributed by atoms with van der Waals surface area (Å²) in [6, 6.07) is 6.45. The summed E-state index contributed by atoms with van der Waals surface area (Å²) in [4.78, 5) is 5.68. The largest absolute Gasteiger partial charge is 0.143 e. The maximum atomic E-state index is 5.48. The van der Waals surface area contributed by atoms with Gasteiger partial charge < -0.3 is 0 Å². The lowest BCUT2D eigenvalue weighted by Crippen LogP contribution is -1.99. The Morgan fingerprint density at radius 2 is 1.71 bits per heavy atom. The lowest BCUT2D eigenvalue weighted by molar-refractivity contribution is 1.72. The van der Waals surface area contributed by atoms with Gasteiger partial charge >= 0.3 is 0 Å². The monoisotopic (exact) mass is 364 g/mol. The molecule has 0 N–H and O–H groups in total. The Labute approximate surface area is 147 Å². The molecule has 106 valence electrons. The molecule has 0 aliphatic rings. The van der Waals surface area contributed by atoms with Gasteiger partial charge in [0.25, 0.3) is 0 Å². The minimum Gasteiger partial charge on any atom is -0.143 e. The summed E-state index contributed by atoms with van der Waals surface area (Å²) in [5.74, 6) is 0. The number of hydrogen-bond acceptors (Lipinski definition) is 5. The Kier molecular flexibility index (Phi) is 4.47. The van der Waals surface area contributed by atoms with E-state index in [1.807, 2.05) is 13.8 Å². The van der Waals surface area contributed by atoms with E-state index in [9.17, 15) is 0 Å². The Morgan fingerprint density at radius 1 is 0.905 bits per heavy atom. The highest BCUT2D eigenvalue weighted by Crippen LogP contribution is 2.43. The molecule has 3 aromatic heterocycles. The number of thiocarbonyl (C=S) groups is 2. The molecule has 0 amide bonds. The van der Waals surface area contributed by atoms with Crippen molar-refractivity contribution >= 4 is 68.2 Å². The first-order valence-electron chi connectivity index (χ1n) is 6.34. The summed E-state index contributed by atoms with van der Waals surface area (Å²) in [6.07, 6.45) is 0. The molecule has 3 aromatic rings. The molecule has 0 atom stereocenters. The van der Waals surface area contributed by atoms with Gasteiger partial charge in [0.1, 0.15) is 0 Å². The summed E-state index contributed by atoms with van der Waals surface area (Å²) >= 11 is 16.1. The van der Waals surface area contributed by atoms with Crippen LogP contribution in [0.3, 0.4) is 0 Å². The van der Waals surface area contributed by atoms with Crippen molar-refractivity contribution in [1.82, 2.24) is 0 Å². The highest BCUT2D eigenvalue weighted by atomic mass is 32.1. The normalized spacial score (nSPS) is 10.8. The van der Waals surface area contributed by atoms with Crippen molar-refractivity contribution in [2.75, 3.05) is 0 Å². The van der Waals surface area contributed by atoms with E-state index in [0.29, 0.717) is 0 Å². The quantitative estimate of drug-likeness (QED) is 0.374. The summed E-state index contributed by atoms with van der Waals surface area (Å²) < 4.78 is 0. The van der Waals surface area contributed by atoms with Crippen molar-refractivity contribution in [2.24, 2.45) is 0 Å². The zero-order valence-corrected chi connectivity index (χ0v) is 15.6. The van der Waals surface area contributed by atoms with Gasteiger partial charge in [-0.15, -0.1) is 34.0 Å². The van der Waals surface area contributed by atoms with E-state index in [4.69, 9.17) is 24.4 Å². The van der Waals surface area contributed by atoms with Gasteiger partial charge in [-0.05, 0) is 36.7 Å². The summed E-state index contributed by atoms with van der Waals surface area (Å²) in [5.41, 5.74) is 3.52. The molecule has 21 heavy (non-hydrogen) atoms. The average molecular weight is 365 g/mol. The van der Waals surface area contributed by atoms with Crippen LogP contribution in [-0.2, 0) is 0 Å². The predicted molar refractivity (Wildman–Crippen MR) is 106 cm³/mol. The third-order valence-corrected chi connectivity index (χ3v) is 6.58. The molecule has 0 bridgehead atoms. The highest BCUT2D eigenvalue weighted by Gasteiger charge is 2.19. The van der Waals surface area contributed by atoms with E-state index in [0.717, 1.165) is 20.9 Å². The van der Waals surface area contributed by atoms with E-state index >= 15 is 0 Å². The van der Waals surface area contributed by atoms with Gasteiger partial charge in [0.05, 0.1) is 4.88 Å². The Hall–Kier alpha value is -0.720. The first-order chi connectivity index (χ1) is 10.1. The lowest BCUT2D eigenvalue weighted by atomic mass is 10.0. The van der Waals surface area contributed by atoms with Crippen LogP contribution in [0.5, 0.6) is 0 Å². The number of rotatable bonds is 4. The van der Waals surface area contributed by atoms with Gasteiger partial charge in [0.2, 0.25) is 0 Å². The zero-order valence-electron chi connectivity index (χ0n) is 11.5. The maximum Gasteiger partial charge on any atom is 0.0529 e. The van der Waals surface area contributed by atoms with Crippen LogP contribution in [0.2, 0.25) is 0 Å². The molecule has 0 aliphatic carbocycles. The van der Waals surface area contributed by atoms with Crippen molar-refractivity contribution < 1.29 is 0 Å². The van der Waals surface area contributed by atoms with Crippen LogP contribution in [0, 0.1) is 0 Å². The van der Waals surface area contributed by atoms with Gasteiger partial charge in [0, 0.05) is 41.6 Å². The summed E-state index contributed by atoms with van der Waals surface area (Å²) in [5, 5.41) is 6.40. The lowest BCUT2D eigenvalue weighted by Gasteiger charge is -2.06. The molecule has 0 saturated carbocycles. The topological polar surface area (TPSA) is 0 Å². The Morgan fingerprint density at radius 3 is 2.33 bits per heavy atom. The van der Waals surface area contributed by atoms with Crippen molar-refractivity contribution in [1.29, 1.82) is 0 Å². The molecule has 0 spiro atoms. The van der Waals surface area contributed by atoms with Crippen LogP contribution in [-0.4, -0.2) is 9.73 Å². The molecule has 0 aliphatic heterocycles. The first-order valence-corrected chi connectivity index (χ1v) is 9.80. The molecule has 0 nitrogen and oxygen atoms in total. The van der Waals surface area contributed by atoms with Crippen LogP contribution < -0.4 is 0 Å². The van der Waals surface area contributed by atoms with Crippen molar-refractivity contribution in [3.8, 4) is 20.2 Å². The molecular formula is C16H12S5. The van der Waals surface area contributed by atoms with Crippen molar-refractivity contribution in [3.05, 3.63) is 45.5 Å². The molecule has 0 unspecified atom stereocenters. The predicted octanol–water partition coefficient (Wildman–Crippen LogP) is 6.68. The van der Waals surface area contributed by atoms with Crippen LogP contribution in [0.1, 0.15) is 25.0 Å². The third kappa shape index (κ3) is 2.81. The minimum atomic E-state index is 0.907. The van der Waals surface area contributed by atoms with Gasteiger partial charge in [-0.3, -0.25) is 0 Å². The van der Waals surface area contributed by atoms with Crippen LogP contribution in [0.15, 0.2) is 34.3 Å². The second-order valence-corrected chi connectivity index (χ2v) is 8.57. The third-order valence-electron chi connectivity index (χ3n) is 3.18. The molecule has 3 rings (SSSR count). The maximum absolute atomic E-state index is 5.48. The molecule has 0 aromatic carbocycles. The SMILES string of the molecule is CC(=S)c1csc(-c2ccsc2-c2cccs2)c1C(C)=S. The highest BCUT2D eigenvalue weighted by molar-refractivity contribution is 7.81. The minimum absolute atomic E-state index is 0.907. The molecule has 0 saturated heterocycles. The smallest absolute Gasteiger partial charge is 0.0529 e. The van der Waals surface area contributed by atoms with Crippen LogP contribution >= 0.6 is 58.4 Å². The summed E-state index contributed by atoms with van der Waals surface area (Å²) in [7, 11) is 0. The Balaban J connectivity index is 2.21.